The van der Waals surface area contributed by atoms with Crippen LogP contribution in [0.15, 0.2) is 10.5 Å². The zero-order valence-corrected chi connectivity index (χ0v) is 6.55. The minimum absolute atomic E-state index is 0.0362. The molecule has 0 atom stereocenters. The molecule has 0 amide bonds. The molecule has 0 aromatic carbocycles. The Kier molecular flexibility index (Phi) is 2.10. The zero-order valence-electron chi connectivity index (χ0n) is 6.55. The van der Waals surface area contributed by atoms with Gasteiger partial charge >= 0.3 is 0 Å². The van der Waals surface area contributed by atoms with E-state index in [4.69, 9.17) is 9.52 Å². The molecule has 0 radical (unpaired) electrons. The fourth-order valence-corrected chi connectivity index (χ4v) is 0.971. The number of rotatable bonds is 2. The predicted octanol–water partition coefficient (Wildman–Crippen LogP) is 1.28. The number of aryl methyl sites for hydroxylation is 1. The van der Waals surface area contributed by atoms with Gasteiger partial charge in [-0.15, -0.1) is 0 Å². The first-order valence-corrected chi connectivity index (χ1v) is 3.36. The summed E-state index contributed by atoms with van der Waals surface area (Å²) in [6, 6.07) is 1.57. The van der Waals surface area contributed by atoms with Crippen molar-refractivity contribution in [2.45, 2.75) is 20.5 Å². The lowest BCUT2D eigenvalue weighted by molar-refractivity contribution is 0.101. The summed E-state index contributed by atoms with van der Waals surface area (Å²) in [6.07, 6.45) is 0. The van der Waals surface area contributed by atoms with Crippen LogP contribution in [-0.2, 0) is 6.61 Å². The van der Waals surface area contributed by atoms with Gasteiger partial charge in [0.25, 0.3) is 0 Å². The van der Waals surface area contributed by atoms with Crippen LogP contribution in [0.25, 0.3) is 0 Å². The van der Waals surface area contributed by atoms with Crippen LogP contribution in [0.4, 0.5) is 0 Å². The van der Waals surface area contributed by atoms with E-state index in [0.717, 1.165) is 0 Å². The molecule has 0 saturated heterocycles. The van der Waals surface area contributed by atoms with Gasteiger partial charge in [-0.25, -0.2) is 0 Å². The Labute approximate surface area is 64.6 Å². The maximum Gasteiger partial charge on any atom is 0.163 e. The van der Waals surface area contributed by atoms with Crippen molar-refractivity contribution in [3.05, 3.63) is 23.2 Å². The Balaban J connectivity index is 3.07. The van der Waals surface area contributed by atoms with Gasteiger partial charge in [0.15, 0.2) is 5.78 Å². The molecule has 0 spiro atoms. The quantitative estimate of drug-likeness (QED) is 0.653. The van der Waals surface area contributed by atoms with Gasteiger partial charge in [-0.1, -0.05) is 0 Å². The summed E-state index contributed by atoms with van der Waals surface area (Å²) in [4.78, 5) is 10.9. The van der Waals surface area contributed by atoms with Crippen LogP contribution in [0.2, 0.25) is 0 Å². The molecule has 1 N–H and O–H groups in total. The molecule has 0 aliphatic heterocycles. The van der Waals surface area contributed by atoms with Crippen LogP contribution in [0.1, 0.15) is 28.8 Å². The molecule has 0 saturated carbocycles. The number of hydrogen-bond donors (Lipinski definition) is 1. The first kappa shape index (κ1) is 8.01. The number of aliphatic hydroxyl groups is 1. The normalized spacial score (nSPS) is 10.1. The smallest absolute Gasteiger partial charge is 0.163 e. The molecule has 0 unspecified atom stereocenters. The van der Waals surface area contributed by atoms with Gasteiger partial charge in [0.2, 0.25) is 0 Å². The number of aliphatic hydroxyl groups excluding tert-OH is 1. The van der Waals surface area contributed by atoms with Gasteiger partial charge in [-0.2, -0.15) is 0 Å². The molecule has 60 valence electrons. The van der Waals surface area contributed by atoms with Gasteiger partial charge in [0.05, 0.1) is 5.56 Å². The lowest BCUT2D eigenvalue weighted by atomic mass is 10.2. The summed E-state index contributed by atoms with van der Waals surface area (Å²) in [7, 11) is 0. The van der Waals surface area contributed by atoms with E-state index in [2.05, 4.69) is 0 Å². The number of Topliss-reactive ketones (excluding diaryl/α,β-unsaturated/α-hetero) is 1. The molecule has 1 aromatic rings. The van der Waals surface area contributed by atoms with Crippen molar-refractivity contribution in [1.82, 2.24) is 0 Å². The first-order valence-electron chi connectivity index (χ1n) is 3.36. The molecule has 0 aliphatic carbocycles. The fraction of sp³-hybridized carbons (Fsp3) is 0.375. The van der Waals surface area contributed by atoms with E-state index in [1.165, 1.54) is 6.92 Å². The lowest BCUT2D eigenvalue weighted by Crippen LogP contribution is -1.90. The summed E-state index contributed by atoms with van der Waals surface area (Å²) >= 11 is 0. The Hall–Kier alpha value is -1.09. The summed E-state index contributed by atoms with van der Waals surface area (Å²) in [6.45, 7) is 3.02. The minimum Gasteiger partial charge on any atom is -0.463 e. The van der Waals surface area contributed by atoms with Crippen molar-refractivity contribution in [1.29, 1.82) is 0 Å². The zero-order chi connectivity index (χ0) is 8.43. The highest BCUT2D eigenvalue weighted by molar-refractivity contribution is 5.95. The number of carbonyl (C=O) groups excluding carboxylic acids is 1. The van der Waals surface area contributed by atoms with Crippen LogP contribution in [0, 0.1) is 6.92 Å². The molecule has 0 bridgehead atoms. The second-order valence-corrected chi connectivity index (χ2v) is 2.40. The first-order chi connectivity index (χ1) is 5.15. The third-order valence-corrected chi connectivity index (χ3v) is 1.50. The molecule has 1 rings (SSSR count). The third-order valence-electron chi connectivity index (χ3n) is 1.50. The Morgan fingerprint density at radius 2 is 2.36 bits per heavy atom. The van der Waals surface area contributed by atoms with Crippen LogP contribution in [0.3, 0.4) is 0 Å². The topological polar surface area (TPSA) is 50.4 Å². The molecule has 0 fully saturated rings. The lowest BCUT2D eigenvalue weighted by Gasteiger charge is -1.86. The maximum absolute atomic E-state index is 10.9. The molecular formula is C8H10O3. The van der Waals surface area contributed by atoms with E-state index in [0.29, 0.717) is 17.1 Å². The van der Waals surface area contributed by atoms with Crippen molar-refractivity contribution in [3.8, 4) is 0 Å². The highest BCUT2D eigenvalue weighted by atomic mass is 16.4. The predicted molar refractivity (Wildman–Crippen MR) is 39.4 cm³/mol. The molecule has 11 heavy (non-hydrogen) atoms. The molecule has 1 heterocycles. The summed E-state index contributed by atoms with van der Waals surface area (Å²) < 4.78 is 5.05. The maximum atomic E-state index is 10.9. The summed E-state index contributed by atoms with van der Waals surface area (Å²) in [5.41, 5.74) is 0.550. The molecule has 3 nitrogen and oxygen atoms in total. The van der Waals surface area contributed by atoms with Crippen LogP contribution < -0.4 is 0 Å². The number of furan rings is 1. The minimum atomic E-state index is -0.159. The number of ketones is 1. The van der Waals surface area contributed by atoms with Gasteiger partial charge in [-0.3, -0.25) is 4.79 Å². The van der Waals surface area contributed by atoms with Crippen molar-refractivity contribution in [2.24, 2.45) is 0 Å². The van der Waals surface area contributed by atoms with Crippen molar-refractivity contribution >= 4 is 5.78 Å². The van der Waals surface area contributed by atoms with Gasteiger partial charge in [0, 0.05) is 0 Å². The second-order valence-electron chi connectivity index (χ2n) is 2.40. The summed E-state index contributed by atoms with van der Waals surface area (Å²) in [5.74, 6) is 0.972. The number of hydrogen-bond acceptors (Lipinski definition) is 3. The van der Waals surface area contributed by atoms with E-state index in [1.54, 1.807) is 13.0 Å². The highest BCUT2D eigenvalue weighted by Crippen LogP contribution is 2.14. The number of carbonyl (C=O) groups is 1. The van der Waals surface area contributed by atoms with E-state index < -0.39 is 0 Å². The molecular weight excluding hydrogens is 144 g/mol. The largest absolute Gasteiger partial charge is 0.463 e. The Morgan fingerprint density at radius 1 is 1.73 bits per heavy atom. The highest BCUT2D eigenvalue weighted by Gasteiger charge is 2.09. The molecule has 3 heteroatoms. The van der Waals surface area contributed by atoms with Crippen molar-refractivity contribution < 1.29 is 14.3 Å². The monoisotopic (exact) mass is 154 g/mol. The fourth-order valence-electron chi connectivity index (χ4n) is 0.971. The van der Waals surface area contributed by atoms with Crippen LogP contribution >= 0.6 is 0 Å². The van der Waals surface area contributed by atoms with E-state index >= 15 is 0 Å². The van der Waals surface area contributed by atoms with Crippen LogP contribution in [-0.4, -0.2) is 10.9 Å². The third kappa shape index (κ3) is 1.49. The van der Waals surface area contributed by atoms with E-state index in [9.17, 15) is 4.79 Å². The van der Waals surface area contributed by atoms with E-state index in [-0.39, 0.29) is 12.4 Å². The average Bonchev–Trinajstić information content (AvgIpc) is 2.30. The van der Waals surface area contributed by atoms with Crippen LogP contribution in [0.5, 0.6) is 0 Å². The summed E-state index contributed by atoms with van der Waals surface area (Å²) in [5, 5.41) is 8.65. The Bertz CT molecular complexity index is 273. The average molecular weight is 154 g/mol. The van der Waals surface area contributed by atoms with Gasteiger partial charge < -0.3 is 9.52 Å². The van der Waals surface area contributed by atoms with E-state index in [1.807, 2.05) is 0 Å². The van der Waals surface area contributed by atoms with Crippen molar-refractivity contribution in [2.75, 3.05) is 0 Å². The molecule has 1 aromatic heterocycles. The van der Waals surface area contributed by atoms with Gasteiger partial charge in [0.1, 0.15) is 18.1 Å². The standard InChI is InChI=1S/C8H10O3/c1-5(10)8-3-7(4-9)11-6(8)2/h3,9H,4H2,1-2H3. The Morgan fingerprint density at radius 3 is 2.64 bits per heavy atom. The van der Waals surface area contributed by atoms with Crippen molar-refractivity contribution in [3.63, 3.8) is 0 Å². The van der Waals surface area contributed by atoms with Gasteiger partial charge in [-0.05, 0) is 19.9 Å². The second kappa shape index (κ2) is 2.88. The SMILES string of the molecule is CC(=O)c1cc(CO)oc1C. The molecule has 0 aliphatic rings.